The van der Waals surface area contributed by atoms with E-state index in [1.165, 1.54) is 30.6 Å². The van der Waals surface area contributed by atoms with Crippen molar-refractivity contribution in [2.45, 2.75) is 44.4 Å². The van der Waals surface area contributed by atoms with Crippen molar-refractivity contribution in [3.05, 3.63) is 29.8 Å². The summed E-state index contributed by atoms with van der Waals surface area (Å²) in [5.41, 5.74) is 1.34. The molecule has 1 aromatic carbocycles. The maximum atomic E-state index is 5.47. The Hall–Kier alpha value is -0.670. The molecule has 0 spiro atoms. The zero-order chi connectivity index (χ0) is 13.5. The molecule has 0 aliphatic carbocycles. The van der Waals surface area contributed by atoms with Crippen molar-refractivity contribution in [2.24, 2.45) is 0 Å². The van der Waals surface area contributed by atoms with Crippen LogP contribution >= 0.6 is 11.8 Å². The van der Waals surface area contributed by atoms with Gasteiger partial charge in [-0.1, -0.05) is 18.6 Å². The number of ether oxygens (including phenoxy) is 1. The van der Waals surface area contributed by atoms with Gasteiger partial charge in [0.05, 0.1) is 6.61 Å². The molecule has 2 rings (SSSR count). The van der Waals surface area contributed by atoms with Gasteiger partial charge in [0.1, 0.15) is 5.75 Å². The Morgan fingerprint density at radius 2 is 2.11 bits per heavy atom. The van der Waals surface area contributed by atoms with Gasteiger partial charge in [0.25, 0.3) is 0 Å². The van der Waals surface area contributed by atoms with Crippen molar-refractivity contribution < 1.29 is 4.74 Å². The normalized spacial score (nSPS) is 21.1. The van der Waals surface area contributed by atoms with Crippen LogP contribution in [0.2, 0.25) is 0 Å². The minimum atomic E-state index is 0.415. The molecule has 1 fully saturated rings. The Kier molecular flexibility index (Phi) is 6.05. The number of thioether (sulfide) groups is 1. The zero-order valence-corrected chi connectivity index (χ0v) is 12.8. The maximum absolute atomic E-state index is 5.47. The fraction of sp³-hybridized carbons (Fsp3) is 0.625. The predicted octanol–water partition coefficient (Wildman–Crippen LogP) is 4.02. The fourth-order valence-electron chi connectivity index (χ4n) is 2.41. The molecule has 0 saturated carbocycles. The molecule has 0 bridgehead atoms. The van der Waals surface area contributed by atoms with Gasteiger partial charge in [0.15, 0.2) is 0 Å². The van der Waals surface area contributed by atoms with Gasteiger partial charge in [0, 0.05) is 17.8 Å². The molecule has 1 aliphatic rings. The quantitative estimate of drug-likeness (QED) is 0.849. The lowest BCUT2D eigenvalue weighted by Crippen LogP contribution is -2.28. The molecule has 106 valence electrons. The van der Waals surface area contributed by atoms with Gasteiger partial charge >= 0.3 is 0 Å². The third kappa shape index (κ3) is 4.73. The van der Waals surface area contributed by atoms with Gasteiger partial charge in [-0.25, -0.2) is 0 Å². The molecule has 1 heterocycles. The summed E-state index contributed by atoms with van der Waals surface area (Å²) >= 11 is 2.13. The van der Waals surface area contributed by atoms with Crippen LogP contribution in [0.25, 0.3) is 0 Å². The van der Waals surface area contributed by atoms with Crippen LogP contribution in [0.3, 0.4) is 0 Å². The summed E-state index contributed by atoms with van der Waals surface area (Å²) in [4.78, 5) is 0. The van der Waals surface area contributed by atoms with Crippen molar-refractivity contribution in [2.75, 3.05) is 18.9 Å². The zero-order valence-electron chi connectivity index (χ0n) is 12.0. The second-order valence-corrected chi connectivity index (χ2v) is 6.53. The van der Waals surface area contributed by atoms with E-state index in [2.05, 4.69) is 48.3 Å². The van der Waals surface area contributed by atoms with E-state index in [-0.39, 0.29) is 0 Å². The van der Waals surface area contributed by atoms with Crippen LogP contribution in [0.5, 0.6) is 5.75 Å². The highest BCUT2D eigenvalue weighted by molar-refractivity contribution is 7.99. The molecular formula is C16H25NOS. The average molecular weight is 279 g/mol. The first kappa shape index (κ1) is 14.7. The number of rotatable bonds is 6. The Morgan fingerprint density at radius 1 is 1.32 bits per heavy atom. The SMILES string of the molecule is CCOc1ccc(C(C)NCC2CCCCS2)cc1. The van der Waals surface area contributed by atoms with Crippen LogP contribution < -0.4 is 10.1 Å². The Bertz CT molecular complexity index is 360. The van der Waals surface area contributed by atoms with Crippen molar-refractivity contribution in [1.29, 1.82) is 0 Å². The molecule has 3 heteroatoms. The Labute approximate surface area is 121 Å². The number of hydrogen-bond acceptors (Lipinski definition) is 3. The summed E-state index contributed by atoms with van der Waals surface area (Å²) in [6.45, 7) is 6.11. The van der Waals surface area contributed by atoms with Crippen LogP contribution in [0.15, 0.2) is 24.3 Å². The molecular weight excluding hydrogens is 254 g/mol. The summed E-state index contributed by atoms with van der Waals surface area (Å²) < 4.78 is 5.47. The third-order valence-corrected chi connectivity index (χ3v) is 5.01. The average Bonchev–Trinajstić information content (AvgIpc) is 2.47. The highest BCUT2D eigenvalue weighted by atomic mass is 32.2. The molecule has 1 aliphatic heterocycles. The second-order valence-electron chi connectivity index (χ2n) is 5.12. The first-order valence-corrected chi connectivity index (χ1v) is 8.42. The Morgan fingerprint density at radius 3 is 2.74 bits per heavy atom. The molecule has 2 unspecified atom stereocenters. The van der Waals surface area contributed by atoms with E-state index in [1.54, 1.807) is 0 Å². The summed E-state index contributed by atoms with van der Waals surface area (Å²) in [6, 6.07) is 8.87. The van der Waals surface area contributed by atoms with E-state index in [4.69, 9.17) is 4.74 Å². The van der Waals surface area contributed by atoms with E-state index in [0.717, 1.165) is 24.2 Å². The molecule has 0 aromatic heterocycles. The monoisotopic (exact) mass is 279 g/mol. The van der Waals surface area contributed by atoms with Gasteiger partial charge in [-0.3, -0.25) is 0 Å². The molecule has 19 heavy (non-hydrogen) atoms. The van der Waals surface area contributed by atoms with Crippen LogP contribution in [0.4, 0.5) is 0 Å². The largest absolute Gasteiger partial charge is 0.494 e. The van der Waals surface area contributed by atoms with Crippen molar-refractivity contribution in [1.82, 2.24) is 5.32 Å². The van der Waals surface area contributed by atoms with Crippen LogP contribution in [-0.4, -0.2) is 24.2 Å². The molecule has 1 aromatic rings. The molecule has 0 amide bonds. The molecule has 2 nitrogen and oxygen atoms in total. The fourth-order valence-corrected chi connectivity index (χ4v) is 3.67. The van der Waals surface area contributed by atoms with Crippen molar-refractivity contribution in [3.63, 3.8) is 0 Å². The lowest BCUT2D eigenvalue weighted by atomic mass is 10.1. The minimum Gasteiger partial charge on any atom is -0.494 e. The van der Waals surface area contributed by atoms with Crippen molar-refractivity contribution >= 4 is 11.8 Å². The summed E-state index contributed by atoms with van der Waals surface area (Å²) in [6.07, 6.45) is 4.17. The van der Waals surface area contributed by atoms with E-state index in [9.17, 15) is 0 Å². The predicted molar refractivity (Wildman–Crippen MR) is 84.1 cm³/mol. The first-order valence-electron chi connectivity index (χ1n) is 7.37. The number of nitrogens with one attached hydrogen (secondary N) is 1. The van der Waals surface area contributed by atoms with Crippen LogP contribution in [-0.2, 0) is 0 Å². The first-order chi connectivity index (χ1) is 9.29. The van der Waals surface area contributed by atoms with Gasteiger partial charge in [-0.2, -0.15) is 11.8 Å². The Balaban J connectivity index is 1.79. The van der Waals surface area contributed by atoms with Crippen molar-refractivity contribution in [3.8, 4) is 5.75 Å². The highest BCUT2D eigenvalue weighted by Crippen LogP contribution is 2.25. The van der Waals surface area contributed by atoms with Gasteiger partial charge in [-0.05, 0) is 50.1 Å². The topological polar surface area (TPSA) is 21.3 Å². The lowest BCUT2D eigenvalue weighted by Gasteiger charge is -2.24. The smallest absolute Gasteiger partial charge is 0.119 e. The lowest BCUT2D eigenvalue weighted by molar-refractivity contribution is 0.340. The molecule has 2 atom stereocenters. The standard InChI is InChI=1S/C16H25NOS/c1-3-18-15-9-7-14(8-10-15)13(2)17-12-16-6-4-5-11-19-16/h7-10,13,16-17H,3-6,11-12H2,1-2H3. The summed E-state index contributed by atoms with van der Waals surface area (Å²) in [7, 11) is 0. The van der Waals surface area contributed by atoms with E-state index in [0.29, 0.717) is 6.04 Å². The highest BCUT2D eigenvalue weighted by Gasteiger charge is 2.15. The number of hydrogen-bond donors (Lipinski definition) is 1. The third-order valence-electron chi connectivity index (χ3n) is 3.62. The van der Waals surface area contributed by atoms with E-state index >= 15 is 0 Å². The maximum Gasteiger partial charge on any atom is 0.119 e. The summed E-state index contributed by atoms with van der Waals surface area (Å²) in [5, 5.41) is 4.46. The number of benzene rings is 1. The molecule has 1 saturated heterocycles. The van der Waals surface area contributed by atoms with E-state index < -0.39 is 0 Å². The second kappa shape index (κ2) is 7.81. The summed E-state index contributed by atoms with van der Waals surface area (Å²) in [5.74, 6) is 2.30. The van der Waals surface area contributed by atoms with Gasteiger partial charge < -0.3 is 10.1 Å². The van der Waals surface area contributed by atoms with E-state index in [1.807, 2.05) is 6.92 Å². The van der Waals surface area contributed by atoms with Gasteiger partial charge in [0.2, 0.25) is 0 Å². The van der Waals surface area contributed by atoms with Gasteiger partial charge in [-0.15, -0.1) is 0 Å². The van der Waals surface area contributed by atoms with Crippen LogP contribution in [0, 0.1) is 0 Å². The minimum absolute atomic E-state index is 0.415. The molecule has 1 N–H and O–H groups in total. The molecule has 0 radical (unpaired) electrons. The van der Waals surface area contributed by atoms with Crippen LogP contribution in [0.1, 0.15) is 44.7 Å².